The molecule has 1 fully saturated rings. The molecule has 42 heavy (non-hydrogen) atoms. The van der Waals surface area contributed by atoms with Gasteiger partial charge in [0.1, 0.15) is 22.8 Å². The van der Waals surface area contributed by atoms with Gasteiger partial charge in [0.2, 0.25) is 5.95 Å². The minimum Gasteiger partial charge on any atom is -0.497 e. The van der Waals surface area contributed by atoms with E-state index in [0.717, 1.165) is 24.8 Å². The van der Waals surface area contributed by atoms with Gasteiger partial charge in [-0.25, -0.2) is 9.97 Å². The zero-order chi connectivity index (χ0) is 30.1. The van der Waals surface area contributed by atoms with E-state index in [0.29, 0.717) is 85.6 Å². The van der Waals surface area contributed by atoms with Crippen molar-refractivity contribution in [2.75, 3.05) is 51.2 Å². The zero-order valence-corrected chi connectivity index (χ0v) is 25.3. The van der Waals surface area contributed by atoms with E-state index in [4.69, 9.17) is 24.2 Å². The molecular formula is C31H42N6O5. The highest BCUT2D eigenvalue weighted by Gasteiger charge is 2.27. The average molecular weight is 579 g/mol. The van der Waals surface area contributed by atoms with Gasteiger partial charge in [-0.1, -0.05) is 19.8 Å². The molecule has 1 atom stereocenters. The van der Waals surface area contributed by atoms with Crippen LogP contribution in [-0.2, 0) is 16.1 Å². The summed E-state index contributed by atoms with van der Waals surface area (Å²) in [5.74, 6) is 2.35. The molecule has 1 amide bonds. The number of anilines is 2. The summed E-state index contributed by atoms with van der Waals surface area (Å²) in [5, 5.41) is 6.94. The summed E-state index contributed by atoms with van der Waals surface area (Å²) in [6.07, 6.45) is 5.60. The van der Waals surface area contributed by atoms with Crippen molar-refractivity contribution >= 4 is 34.5 Å². The molecule has 2 aromatic heterocycles. The number of aromatic nitrogens is 3. The van der Waals surface area contributed by atoms with Crippen molar-refractivity contribution in [3.05, 3.63) is 41.6 Å². The number of morpholine rings is 1. The Kier molecular flexibility index (Phi) is 10.5. The van der Waals surface area contributed by atoms with Crippen LogP contribution in [0.1, 0.15) is 68.8 Å². The summed E-state index contributed by atoms with van der Waals surface area (Å²) < 4.78 is 16.3. The highest BCUT2D eigenvalue weighted by molar-refractivity contribution is 5.98. The Hall–Kier alpha value is -3.99. The quantitative estimate of drug-likeness (QED) is 0.274. The number of rotatable bonds is 14. The third kappa shape index (κ3) is 7.84. The molecule has 0 spiro atoms. The number of nitrogens with one attached hydrogen (secondary N) is 2. The predicted octanol–water partition coefficient (Wildman–Crippen LogP) is 4.86. The standard InChI is InChI=1S/C31H42N6O5/c1-6-7-11-31(3,12-10-21(2)38)36-28-27-25(17-23(20-32-27)29(39)37-13-15-42-16-14-37)34-30(35-28)33-19-22-8-9-24(40-4)18-26(22)41-5/h8-9,17-18,20H,6-7,10-16,19H2,1-5H3,(H2,33,34,35,36)/t31-/m1/s1. The number of benzene rings is 1. The number of nitrogens with zero attached hydrogens (tertiary/aromatic N) is 4. The topological polar surface area (TPSA) is 128 Å². The Morgan fingerprint density at radius 1 is 1.10 bits per heavy atom. The molecule has 0 aliphatic carbocycles. The van der Waals surface area contributed by atoms with Crippen LogP contribution >= 0.6 is 0 Å². The normalized spacial score (nSPS) is 14.7. The van der Waals surface area contributed by atoms with Crippen LogP contribution in [0, 0.1) is 0 Å². The lowest BCUT2D eigenvalue weighted by Crippen LogP contribution is -2.40. The van der Waals surface area contributed by atoms with Gasteiger partial charge in [0, 0.05) is 49.4 Å². The molecular weight excluding hydrogens is 536 g/mol. The highest BCUT2D eigenvalue weighted by atomic mass is 16.5. The van der Waals surface area contributed by atoms with Crippen LogP contribution in [0.2, 0.25) is 0 Å². The van der Waals surface area contributed by atoms with E-state index in [1.807, 2.05) is 18.2 Å². The lowest BCUT2D eigenvalue weighted by molar-refractivity contribution is -0.117. The number of unbranched alkanes of at least 4 members (excludes halogenated alkanes) is 1. The molecule has 226 valence electrons. The first-order valence-electron chi connectivity index (χ1n) is 14.5. The van der Waals surface area contributed by atoms with Crippen LogP contribution in [0.15, 0.2) is 30.5 Å². The maximum atomic E-state index is 13.2. The van der Waals surface area contributed by atoms with Gasteiger partial charge in [-0.3, -0.25) is 4.79 Å². The second-order valence-electron chi connectivity index (χ2n) is 10.9. The Morgan fingerprint density at radius 3 is 2.57 bits per heavy atom. The number of pyridine rings is 1. The molecule has 1 aliphatic rings. The molecule has 0 unspecified atom stereocenters. The molecule has 2 N–H and O–H groups in total. The van der Waals surface area contributed by atoms with Gasteiger partial charge >= 0.3 is 0 Å². The lowest BCUT2D eigenvalue weighted by atomic mass is 9.89. The number of fused-ring (bicyclic) bond motifs is 1. The first-order valence-corrected chi connectivity index (χ1v) is 14.5. The Balaban J connectivity index is 1.71. The van der Waals surface area contributed by atoms with Crippen LogP contribution in [0.4, 0.5) is 11.8 Å². The maximum Gasteiger partial charge on any atom is 0.255 e. The number of carbonyl (C=O) groups is 2. The number of Topliss-reactive ketones (excluding diaryl/α,β-unsaturated/α-hetero) is 1. The fourth-order valence-electron chi connectivity index (χ4n) is 4.98. The van der Waals surface area contributed by atoms with Crippen molar-refractivity contribution in [2.24, 2.45) is 0 Å². The number of methoxy groups -OCH3 is 2. The summed E-state index contributed by atoms with van der Waals surface area (Å²) in [7, 11) is 3.23. The molecule has 11 nitrogen and oxygen atoms in total. The summed E-state index contributed by atoms with van der Waals surface area (Å²) in [6, 6.07) is 7.39. The van der Waals surface area contributed by atoms with Gasteiger partial charge in [0.05, 0.1) is 38.5 Å². The Bertz CT molecular complexity index is 1390. The second-order valence-corrected chi connectivity index (χ2v) is 10.9. The van der Waals surface area contributed by atoms with Crippen molar-refractivity contribution in [3.63, 3.8) is 0 Å². The van der Waals surface area contributed by atoms with Gasteiger partial charge < -0.3 is 34.5 Å². The molecule has 1 aliphatic heterocycles. The molecule has 0 bridgehead atoms. The summed E-state index contributed by atoms with van der Waals surface area (Å²) in [6.45, 7) is 8.39. The van der Waals surface area contributed by atoms with Crippen LogP contribution in [-0.4, -0.2) is 77.6 Å². The van der Waals surface area contributed by atoms with Crippen molar-refractivity contribution in [2.45, 2.75) is 65.0 Å². The molecule has 11 heteroatoms. The Labute approximate surface area is 247 Å². The predicted molar refractivity (Wildman–Crippen MR) is 162 cm³/mol. The third-order valence-corrected chi connectivity index (χ3v) is 7.54. The first kappa shape index (κ1) is 31.0. The number of hydrogen-bond donors (Lipinski definition) is 2. The zero-order valence-electron chi connectivity index (χ0n) is 25.3. The van der Waals surface area contributed by atoms with E-state index in [2.05, 4.69) is 29.5 Å². The molecule has 3 aromatic rings. The van der Waals surface area contributed by atoms with Gasteiger partial charge in [-0.2, -0.15) is 4.98 Å². The summed E-state index contributed by atoms with van der Waals surface area (Å²) in [5.41, 5.74) is 2.08. The van der Waals surface area contributed by atoms with Crippen molar-refractivity contribution < 1.29 is 23.8 Å². The van der Waals surface area contributed by atoms with E-state index < -0.39 is 0 Å². The van der Waals surface area contributed by atoms with Crippen molar-refractivity contribution in [3.8, 4) is 11.5 Å². The van der Waals surface area contributed by atoms with Gasteiger partial charge in [-0.05, 0) is 44.9 Å². The smallest absolute Gasteiger partial charge is 0.255 e. The molecule has 0 radical (unpaired) electrons. The molecule has 0 saturated carbocycles. The van der Waals surface area contributed by atoms with E-state index in [1.54, 1.807) is 38.3 Å². The average Bonchev–Trinajstić information content (AvgIpc) is 3.01. The van der Waals surface area contributed by atoms with Crippen LogP contribution in [0.5, 0.6) is 11.5 Å². The Morgan fingerprint density at radius 2 is 1.88 bits per heavy atom. The van der Waals surface area contributed by atoms with Crippen LogP contribution in [0.25, 0.3) is 11.0 Å². The SMILES string of the molecule is CCCC[C@](C)(CCC(C)=O)Nc1nc(NCc2ccc(OC)cc2OC)nc2cc(C(=O)N3CCOCC3)cnc12. The number of amides is 1. The second kappa shape index (κ2) is 14.3. The van der Waals surface area contributed by atoms with Crippen LogP contribution < -0.4 is 20.1 Å². The van der Waals surface area contributed by atoms with E-state index in [1.165, 1.54) is 0 Å². The maximum absolute atomic E-state index is 13.2. The minimum atomic E-state index is -0.386. The van der Waals surface area contributed by atoms with E-state index >= 15 is 0 Å². The first-order chi connectivity index (χ1) is 20.2. The molecule has 1 saturated heterocycles. The van der Waals surface area contributed by atoms with E-state index in [9.17, 15) is 9.59 Å². The number of ketones is 1. The summed E-state index contributed by atoms with van der Waals surface area (Å²) in [4.78, 5) is 41.2. The molecule has 4 rings (SSSR count). The number of hydrogen-bond acceptors (Lipinski definition) is 10. The fraction of sp³-hybridized carbons (Fsp3) is 0.516. The monoisotopic (exact) mass is 578 g/mol. The van der Waals surface area contributed by atoms with Gasteiger partial charge in [0.25, 0.3) is 5.91 Å². The summed E-state index contributed by atoms with van der Waals surface area (Å²) >= 11 is 0. The van der Waals surface area contributed by atoms with Crippen LogP contribution in [0.3, 0.4) is 0 Å². The number of carbonyl (C=O) groups excluding carboxylic acids is 2. The minimum absolute atomic E-state index is 0.104. The number of ether oxygens (including phenoxy) is 3. The van der Waals surface area contributed by atoms with Gasteiger partial charge in [0.15, 0.2) is 5.82 Å². The van der Waals surface area contributed by atoms with Gasteiger partial charge in [-0.15, -0.1) is 0 Å². The third-order valence-electron chi connectivity index (χ3n) is 7.54. The lowest BCUT2D eigenvalue weighted by Gasteiger charge is -2.32. The van der Waals surface area contributed by atoms with E-state index in [-0.39, 0.29) is 17.2 Å². The highest BCUT2D eigenvalue weighted by Crippen LogP contribution is 2.30. The fourth-order valence-corrected chi connectivity index (χ4v) is 4.98. The van der Waals surface area contributed by atoms with Crippen molar-refractivity contribution in [1.29, 1.82) is 0 Å². The van der Waals surface area contributed by atoms with Crippen molar-refractivity contribution in [1.82, 2.24) is 19.9 Å². The molecule has 1 aromatic carbocycles. The molecule has 3 heterocycles. The largest absolute Gasteiger partial charge is 0.497 e.